The lowest BCUT2D eigenvalue weighted by atomic mass is 9.95. The lowest BCUT2D eigenvalue weighted by molar-refractivity contribution is 0.369. The first-order valence-electron chi connectivity index (χ1n) is 5.15. The molecule has 1 nitrogen and oxygen atoms in total. The van der Waals surface area contributed by atoms with E-state index in [9.17, 15) is 0 Å². The third-order valence-corrected chi connectivity index (χ3v) is 4.38. The minimum Gasteiger partial charge on any atom is -0.317 e. The molecule has 1 aliphatic carbocycles. The number of rotatable bonds is 4. The average Bonchev–Trinajstić information content (AvgIpc) is 2.74. The molecule has 0 bridgehead atoms. The summed E-state index contributed by atoms with van der Waals surface area (Å²) in [4.78, 5) is 0. The first kappa shape index (κ1) is 8.89. The number of hydrogen-bond donors (Lipinski definition) is 1. The second-order valence-corrected chi connectivity index (χ2v) is 5.35. The van der Waals surface area contributed by atoms with Crippen LogP contribution in [0.1, 0.15) is 25.7 Å². The molecule has 2 atom stereocenters. The van der Waals surface area contributed by atoms with Gasteiger partial charge in [-0.15, -0.1) is 0 Å². The molecule has 0 amide bonds. The molecule has 12 heavy (non-hydrogen) atoms. The van der Waals surface area contributed by atoms with E-state index in [1.165, 1.54) is 37.2 Å². The van der Waals surface area contributed by atoms with Crippen molar-refractivity contribution < 1.29 is 0 Å². The molecular weight excluding hydrogens is 166 g/mol. The van der Waals surface area contributed by atoms with Gasteiger partial charge in [0.15, 0.2) is 0 Å². The van der Waals surface area contributed by atoms with Crippen molar-refractivity contribution in [3.05, 3.63) is 0 Å². The Hall–Kier alpha value is 0.310. The van der Waals surface area contributed by atoms with Crippen molar-refractivity contribution in [2.45, 2.75) is 31.7 Å². The highest BCUT2D eigenvalue weighted by Gasteiger charge is 2.30. The van der Waals surface area contributed by atoms with E-state index < -0.39 is 0 Å². The van der Waals surface area contributed by atoms with E-state index >= 15 is 0 Å². The van der Waals surface area contributed by atoms with Crippen molar-refractivity contribution in [3.8, 4) is 0 Å². The fourth-order valence-electron chi connectivity index (χ4n) is 2.13. The van der Waals surface area contributed by atoms with E-state index in [4.69, 9.17) is 0 Å². The van der Waals surface area contributed by atoms with Crippen molar-refractivity contribution >= 4 is 11.8 Å². The molecule has 1 aliphatic heterocycles. The predicted molar refractivity (Wildman–Crippen MR) is 55.6 cm³/mol. The molecule has 2 aliphatic rings. The van der Waals surface area contributed by atoms with Gasteiger partial charge in [-0.2, -0.15) is 11.8 Å². The zero-order valence-corrected chi connectivity index (χ0v) is 8.70. The number of thioether (sulfide) groups is 1. The second kappa shape index (κ2) is 4.01. The largest absolute Gasteiger partial charge is 0.317 e. The fraction of sp³-hybridized carbons (Fsp3) is 1.00. The fourth-order valence-corrected chi connectivity index (χ4v) is 3.47. The van der Waals surface area contributed by atoms with Crippen LogP contribution >= 0.6 is 11.8 Å². The van der Waals surface area contributed by atoms with Crippen molar-refractivity contribution in [1.82, 2.24) is 5.32 Å². The first-order valence-corrected chi connectivity index (χ1v) is 6.30. The molecule has 0 spiro atoms. The van der Waals surface area contributed by atoms with Gasteiger partial charge in [0.25, 0.3) is 0 Å². The topological polar surface area (TPSA) is 12.0 Å². The van der Waals surface area contributed by atoms with Crippen LogP contribution in [0.4, 0.5) is 0 Å². The lowest BCUT2D eigenvalue weighted by Gasteiger charge is -2.21. The monoisotopic (exact) mass is 185 g/mol. The summed E-state index contributed by atoms with van der Waals surface area (Å²) in [5.41, 5.74) is 0. The molecule has 0 aromatic carbocycles. The molecule has 1 saturated heterocycles. The summed E-state index contributed by atoms with van der Waals surface area (Å²) < 4.78 is 0. The van der Waals surface area contributed by atoms with Gasteiger partial charge in [0.05, 0.1) is 0 Å². The van der Waals surface area contributed by atoms with E-state index in [1.54, 1.807) is 0 Å². The normalized spacial score (nSPS) is 32.2. The van der Waals surface area contributed by atoms with E-state index in [1.807, 2.05) is 0 Å². The van der Waals surface area contributed by atoms with Crippen LogP contribution in [0.2, 0.25) is 0 Å². The number of nitrogens with one attached hydrogen (secondary N) is 1. The summed E-state index contributed by atoms with van der Waals surface area (Å²) in [5, 5.41) is 3.50. The number of hydrogen-bond acceptors (Lipinski definition) is 2. The standard InChI is InChI=1S/C10H19NS/c1-11-10(6-8-2-3-8)9-4-5-12-7-9/h8-11H,2-7H2,1H3. The average molecular weight is 185 g/mol. The molecule has 1 N–H and O–H groups in total. The van der Waals surface area contributed by atoms with Gasteiger partial charge in [0.1, 0.15) is 0 Å². The van der Waals surface area contributed by atoms with Gasteiger partial charge in [-0.25, -0.2) is 0 Å². The van der Waals surface area contributed by atoms with Crippen LogP contribution in [0.3, 0.4) is 0 Å². The van der Waals surface area contributed by atoms with Crippen LogP contribution in [-0.2, 0) is 0 Å². The van der Waals surface area contributed by atoms with Gasteiger partial charge in [0, 0.05) is 6.04 Å². The quantitative estimate of drug-likeness (QED) is 0.720. The van der Waals surface area contributed by atoms with Crippen molar-refractivity contribution in [1.29, 1.82) is 0 Å². The summed E-state index contributed by atoms with van der Waals surface area (Å²) in [6.07, 6.45) is 5.89. The van der Waals surface area contributed by atoms with Crippen LogP contribution in [0.5, 0.6) is 0 Å². The SMILES string of the molecule is CNC(CC1CC1)C1CCSC1. The maximum atomic E-state index is 3.50. The van der Waals surface area contributed by atoms with Crippen LogP contribution in [-0.4, -0.2) is 24.6 Å². The lowest BCUT2D eigenvalue weighted by Crippen LogP contribution is -2.34. The summed E-state index contributed by atoms with van der Waals surface area (Å²) >= 11 is 2.13. The Balaban J connectivity index is 1.78. The summed E-state index contributed by atoms with van der Waals surface area (Å²) in [6, 6.07) is 0.826. The van der Waals surface area contributed by atoms with Crippen LogP contribution in [0.15, 0.2) is 0 Å². The molecule has 1 heterocycles. The molecule has 2 unspecified atom stereocenters. The van der Waals surface area contributed by atoms with Crippen LogP contribution in [0.25, 0.3) is 0 Å². The zero-order valence-electron chi connectivity index (χ0n) is 7.88. The molecular formula is C10H19NS. The van der Waals surface area contributed by atoms with E-state index in [0.717, 1.165) is 17.9 Å². The summed E-state index contributed by atoms with van der Waals surface area (Å²) in [5.74, 6) is 4.85. The van der Waals surface area contributed by atoms with Crippen LogP contribution in [0, 0.1) is 11.8 Å². The highest BCUT2D eigenvalue weighted by Crippen LogP contribution is 2.37. The van der Waals surface area contributed by atoms with Crippen LogP contribution < -0.4 is 5.32 Å². The maximum Gasteiger partial charge on any atom is 0.0103 e. The Morgan fingerprint density at radius 3 is 2.75 bits per heavy atom. The highest BCUT2D eigenvalue weighted by atomic mass is 32.2. The minimum absolute atomic E-state index is 0.826. The Labute approximate surface area is 79.7 Å². The van der Waals surface area contributed by atoms with Gasteiger partial charge in [-0.3, -0.25) is 0 Å². The third-order valence-electron chi connectivity index (χ3n) is 3.19. The Morgan fingerprint density at radius 2 is 2.25 bits per heavy atom. The highest BCUT2D eigenvalue weighted by molar-refractivity contribution is 7.99. The van der Waals surface area contributed by atoms with Gasteiger partial charge in [0.2, 0.25) is 0 Å². The van der Waals surface area contributed by atoms with Gasteiger partial charge < -0.3 is 5.32 Å². The summed E-state index contributed by atoms with van der Waals surface area (Å²) in [7, 11) is 2.13. The maximum absolute atomic E-state index is 3.50. The molecule has 2 rings (SSSR count). The molecule has 2 heteroatoms. The molecule has 1 saturated carbocycles. The minimum atomic E-state index is 0.826. The smallest absolute Gasteiger partial charge is 0.0103 e. The molecule has 0 aromatic heterocycles. The Kier molecular flexibility index (Phi) is 2.97. The summed E-state index contributed by atoms with van der Waals surface area (Å²) in [6.45, 7) is 0. The van der Waals surface area contributed by atoms with Crippen molar-refractivity contribution in [3.63, 3.8) is 0 Å². The molecule has 0 radical (unpaired) electrons. The van der Waals surface area contributed by atoms with E-state index in [0.29, 0.717) is 0 Å². The van der Waals surface area contributed by atoms with E-state index in [-0.39, 0.29) is 0 Å². The van der Waals surface area contributed by atoms with Crippen molar-refractivity contribution in [2.24, 2.45) is 11.8 Å². The first-order chi connectivity index (χ1) is 5.90. The predicted octanol–water partition coefficient (Wildman–Crippen LogP) is 2.13. The zero-order chi connectivity index (χ0) is 8.39. The molecule has 70 valence electrons. The van der Waals surface area contributed by atoms with Gasteiger partial charge in [-0.1, -0.05) is 12.8 Å². The molecule has 0 aromatic rings. The van der Waals surface area contributed by atoms with E-state index in [2.05, 4.69) is 24.1 Å². The van der Waals surface area contributed by atoms with Crippen molar-refractivity contribution in [2.75, 3.05) is 18.6 Å². The molecule has 2 fully saturated rings. The second-order valence-electron chi connectivity index (χ2n) is 4.20. The third kappa shape index (κ3) is 2.17. The Bertz CT molecular complexity index is 139. The van der Waals surface area contributed by atoms with Gasteiger partial charge in [-0.05, 0) is 43.2 Å². The van der Waals surface area contributed by atoms with Gasteiger partial charge >= 0.3 is 0 Å². The Morgan fingerprint density at radius 1 is 1.42 bits per heavy atom.